The van der Waals surface area contributed by atoms with Gasteiger partial charge in [0.25, 0.3) is 0 Å². The summed E-state index contributed by atoms with van der Waals surface area (Å²) in [5.74, 6) is 1.75. The number of anilines is 2. The third-order valence-electron chi connectivity index (χ3n) is 5.24. The van der Waals surface area contributed by atoms with Crippen molar-refractivity contribution in [1.29, 1.82) is 0 Å². The van der Waals surface area contributed by atoms with Crippen LogP contribution in [0.1, 0.15) is 43.2 Å². The van der Waals surface area contributed by atoms with Crippen molar-refractivity contribution >= 4 is 23.2 Å². The molecule has 8 heteroatoms. The number of methoxy groups -OCH3 is 2. The first-order chi connectivity index (χ1) is 14.5. The average Bonchev–Trinajstić information content (AvgIpc) is 3.21. The molecule has 158 valence electrons. The minimum absolute atomic E-state index is 0.0862. The van der Waals surface area contributed by atoms with E-state index in [9.17, 15) is 9.59 Å². The molecule has 1 unspecified atom stereocenters. The third kappa shape index (κ3) is 3.60. The van der Waals surface area contributed by atoms with E-state index >= 15 is 0 Å². The minimum Gasteiger partial charge on any atom is -0.494 e. The monoisotopic (exact) mass is 412 g/mol. The molecule has 2 aliphatic rings. The summed E-state index contributed by atoms with van der Waals surface area (Å²) >= 11 is 0. The predicted molar refractivity (Wildman–Crippen MR) is 111 cm³/mol. The molecule has 0 aliphatic carbocycles. The highest BCUT2D eigenvalue weighted by atomic mass is 16.7. The summed E-state index contributed by atoms with van der Waals surface area (Å²) in [6.07, 6.45) is 1.42. The number of ether oxygens (including phenoxy) is 4. The van der Waals surface area contributed by atoms with Crippen LogP contribution >= 0.6 is 0 Å². The Morgan fingerprint density at radius 1 is 1.17 bits per heavy atom. The molecule has 1 atom stereocenters. The zero-order chi connectivity index (χ0) is 21.3. The van der Waals surface area contributed by atoms with Gasteiger partial charge >= 0.3 is 0 Å². The van der Waals surface area contributed by atoms with Crippen LogP contribution < -0.4 is 29.6 Å². The van der Waals surface area contributed by atoms with Gasteiger partial charge in [-0.15, -0.1) is 0 Å². The number of benzene rings is 2. The highest BCUT2D eigenvalue weighted by Gasteiger charge is 2.31. The van der Waals surface area contributed by atoms with E-state index < -0.39 is 0 Å². The Balaban J connectivity index is 1.79. The zero-order valence-corrected chi connectivity index (χ0v) is 17.2. The summed E-state index contributed by atoms with van der Waals surface area (Å²) in [7, 11) is 3.09. The molecule has 0 bridgehead atoms. The van der Waals surface area contributed by atoms with E-state index in [1.54, 1.807) is 13.2 Å². The van der Waals surface area contributed by atoms with Gasteiger partial charge in [0, 0.05) is 30.5 Å². The zero-order valence-electron chi connectivity index (χ0n) is 17.2. The van der Waals surface area contributed by atoms with E-state index in [2.05, 4.69) is 10.6 Å². The number of fused-ring (bicyclic) bond motifs is 2. The van der Waals surface area contributed by atoms with Gasteiger partial charge in [-0.05, 0) is 35.7 Å². The first kappa shape index (κ1) is 19.9. The lowest BCUT2D eigenvalue weighted by molar-refractivity contribution is -0.117. The van der Waals surface area contributed by atoms with Crippen molar-refractivity contribution in [3.8, 4) is 23.0 Å². The van der Waals surface area contributed by atoms with E-state index in [1.165, 1.54) is 7.11 Å². The predicted octanol–water partition coefficient (Wildman–Crippen LogP) is 3.65. The van der Waals surface area contributed by atoms with Crippen molar-refractivity contribution in [2.45, 2.75) is 32.1 Å². The molecule has 2 heterocycles. The molecule has 8 nitrogen and oxygen atoms in total. The molecule has 4 rings (SSSR count). The van der Waals surface area contributed by atoms with Gasteiger partial charge in [-0.25, -0.2) is 0 Å². The molecule has 2 amide bonds. The van der Waals surface area contributed by atoms with Crippen LogP contribution in [-0.4, -0.2) is 32.8 Å². The Kier molecular flexibility index (Phi) is 5.39. The van der Waals surface area contributed by atoms with E-state index in [0.29, 0.717) is 40.8 Å². The van der Waals surface area contributed by atoms with Gasteiger partial charge in [0.05, 0.1) is 19.9 Å². The highest BCUT2D eigenvalue weighted by Crippen LogP contribution is 2.48. The Hall–Kier alpha value is -3.42. The maximum Gasteiger partial charge on any atom is 0.231 e. The number of hydrogen-bond donors (Lipinski definition) is 2. The number of carbonyl (C=O) groups excluding carboxylic acids is 2. The first-order valence-corrected chi connectivity index (χ1v) is 9.83. The Morgan fingerprint density at radius 3 is 2.70 bits per heavy atom. The van der Waals surface area contributed by atoms with E-state index in [4.69, 9.17) is 18.9 Å². The molecule has 0 radical (unpaired) electrons. The molecule has 0 fully saturated rings. The van der Waals surface area contributed by atoms with Crippen LogP contribution in [0.3, 0.4) is 0 Å². The van der Waals surface area contributed by atoms with Gasteiger partial charge in [-0.3, -0.25) is 9.59 Å². The number of amides is 2. The topological polar surface area (TPSA) is 95.1 Å². The van der Waals surface area contributed by atoms with Crippen molar-refractivity contribution in [2.75, 3.05) is 31.6 Å². The van der Waals surface area contributed by atoms with Crippen LogP contribution in [0.2, 0.25) is 0 Å². The molecule has 2 aromatic carbocycles. The van der Waals surface area contributed by atoms with E-state index in [1.807, 2.05) is 25.1 Å². The standard InChI is InChI=1S/C22H24N2O6/c1-4-5-20(25)24-16-8-14-13(9-21(26)23-15(14)10-17(16)27-2)12-6-18(28-3)22-19(7-12)29-11-30-22/h6-8,10,13H,4-5,9,11H2,1-3H3,(H,23,26)(H,24,25). The molecule has 0 spiro atoms. The maximum absolute atomic E-state index is 12.4. The summed E-state index contributed by atoms with van der Waals surface area (Å²) in [5, 5.41) is 5.82. The molecule has 2 N–H and O–H groups in total. The second kappa shape index (κ2) is 8.14. The number of carbonyl (C=O) groups is 2. The SMILES string of the molecule is CCCC(=O)Nc1cc2c(cc1OC)NC(=O)CC2c1cc(OC)c2c(c1)OCO2. The molecule has 0 saturated heterocycles. The fraction of sp³-hybridized carbons (Fsp3) is 0.364. The smallest absolute Gasteiger partial charge is 0.231 e. The van der Waals surface area contributed by atoms with Crippen molar-refractivity contribution in [1.82, 2.24) is 0 Å². The molecule has 2 aromatic rings. The van der Waals surface area contributed by atoms with Crippen LogP contribution in [0.25, 0.3) is 0 Å². The van der Waals surface area contributed by atoms with Crippen LogP contribution in [0, 0.1) is 0 Å². The molecule has 30 heavy (non-hydrogen) atoms. The van der Waals surface area contributed by atoms with Crippen LogP contribution in [0.4, 0.5) is 11.4 Å². The van der Waals surface area contributed by atoms with Crippen molar-refractivity contribution < 1.29 is 28.5 Å². The van der Waals surface area contributed by atoms with Crippen LogP contribution in [0.5, 0.6) is 23.0 Å². The normalized spacial score (nSPS) is 16.5. The number of hydrogen-bond acceptors (Lipinski definition) is 6. The third-order valence-corrected chi connectivity index (χ3v) is 5.24. The largest absolute Gasteiger partial charge is 0.494 e. The van der Waals surface area contributed by atoms with Gasteiger partial charge < -0.3 is 29.6 Å². The number of rotatable bonds is 6. The second-order valence-electron chi connectivity index (χ2n) is 7.20. The Morgan fingerprint density at radius 2 is 1.97 bits per heavy atom. The van der Waals surface area contributed by atoms with Crippen molar-refractivity contribution in [3.63, 3.8) is 0 Å². The van der Waals surface area contributed by atoms with E-state index in [-0.39, 0.29) is 30.9 Å². The average molecular weight is 412 g/mol. The lowest BCUT2D eigenvalue weighted by Gasteiger charge is -2.28. The number of nitrogens with one attached hydrogen (secondary N) is 2. The summed E-state index contributed by atoms with van der Waals surface area (Å²) in [4.78, 5) is 24.6. The lowest BCUT2D eigenvalue weighted by atomic mass is 9.84. The summed E-state index contributed by atoms with van der Waals surface area (Å²) < 4.78 is 21.9. The van der Waals surface area contributed by atoms with Crippen molar-refractivity contribution in [3.05, 3.63) is 35.4 Å². The molecular formula is C22H24N2O6. The van der Waals surface area contributed by atoms with Crippen molar-refractivity contribution in [2.24, 2.45) is 0 Å². The summed E-state index contributed by atoms with van der Waals surface area (Å²) in [6.45, 7) is 2.07. The van der Waals surface area contributed by atoms with Crippen LogP contribution in [0.15, 0.2) is 24.3 Å². The fourth-order valence-electron chi connectivity index (χ4n) is 3.84. The van der Waals surface area contributed by atoms with Crippen LogP contribution in [-0.2, 0) is 9.59 Å². The summed E-state index contributed by atoms with van der Waals surface area (Å²) in [5.41, 5.74) is 2.97. The van der Waals surface area contributed by atoms with Gasteiger partial charge in [-0.2, -0.15) is 0 Å². The van der Waals surface area contributed by atoms with E-state index in [0.717, 1.165) is 17.5 Å². The maximum atomic E-state index is 12.4. The Bertz CT molecular complexity index is 1000. The second-order valence-corrected chi connectivity index (χ2v) is 7.20. The Labute approximate surface area is 174 Å². The molecule has 0 saturated carbocycles. The van der Waals surface area contributed by atoms with Gasteiger partial charge in [-0.1, -0.05) is 6.92 Å². The quantitative estimate of drug-likeness (QED) is 0.752. The highest BCUT2D eigenvalue weighted by molar-refractivity contribution is 5.98. The fourth-order valence-corrected chi connectivity index (χ4v) is 3.84. The van der Waals surface area contributed by atoms with Gasteiger partial charge in [0.15, 0.2) is 11.5 Å². The lowest BCUT2D eigenvalue weighted by Crippen LogP contribution is -2.24. The minimum atomic E-state index is -0.245. The molecular weight excluding hydrogens is 388 g/mol. The van der Waals surface area contributed by atoms with Gasteiger partial charge in [0.2, 0.25) is 24.4 Å². The summed E-state index contributed by atoms with van der Waals surface area (Å²) in [6, 6.07) is 7.34. The first-order valence-electron chi connectivity index (χ1n) is 9.83. The molecule has 2 aliphatic heterocycles. The molecule has 0 aromatic heterocycles. The van der Waals surface area contributed by atoms with Gasteiger partial charge in [0.1, 0.15) is 5.75 Å².